The molecule has 0 radical (unpaired) electrons. The number of rotatable bonds is 7. The molecule has 0 atom stereocenters. The standard InChI is InChI=1S/C13H25N5O/c1-5-6-8-15-13(14-4)16-9-7-11-17-12(10(2)3)18-19-11/h10H,5-9H2,1-4H3,(H2,14,15,16). The van der Waals surface area contributed by atoms with Crippen LogP contribution in [0.3, 0.4) is 0 Å². The van der Waals surface area contributed by atoms with Crippen LogP contribution in [-0.2, 0) is 6.42 Å². The maximum Gasteiger partial charge on any atom is 0.228 e. The van der Waals surface area contributed by atoms with Gasteiger partial charge >= 0.3 is 0 Å². The van der Waals surface area contributed by atoms with Crippen molar-refractivity contribution in [3.05, 3.63) is 11.7 Å². The molecule has 6 nitrogen and oxygen atoms in total. The minimum absolute atomic E-state index is 0.300. The number of unbranched alkanes of at least 4 members (excludes halogenated alkanes) is 1. The van der Waals surface area contributed by atoms with Gasteiger partial charge in [0.25, 0.3) is 0 Å². The molecule has 0 fully saturated rings. The Morgan fingerprint density at radius 3 is 2.63 bits per heavy atom. The molecule has 1 heterocycles. The van der Waals surface area contributed by atoms with Crippen LogP contribution >= 0.6 is 0 Å². The van der Waals surface area contributed by atoms with Gasteiger partial charge in [0.05, 0.1) is 0 Å². The molecule has 6 heteroatoms. The van der Waals surface area contributed by atoms with E-state index < -0.39 is 0 Å². The van der Waals surface area contributed by atoms with Crippen molar-refractivity contribution in [2.24, 2.45) is 4.99 Å². The summed E-state index contributed by atoms with van der Waals surface area (Å²) in [7, 11) is 1.77. The molecule has 0 aliphatic heterocycles. The summed E-state index contributed by atoms with van der Waals surface area (Å²) in [6.45, 7) is 7.93. The average Bonchev–Trinajstić information content (AvgIpc) is 2.86. The molecule has 0 saturated heterocycles. The van der Waals surface area contributed by atoms with Crippen molar-refractivity contribution < 1.29 is 4.52 Å². The first-order valence-electron chi connectivity index (χ1n) is 6.94. The van der Waals surface area contributed by atoms with Gasteiger partial charge in [-0.25, -0.2) is 0 Å². The third-order valence-electron chi connectivity index (χ3n) is 2.68. The zero-order valence-corrected chi connectivity index (χ0v) is 12.4. The second kappa shape index (κ2) is 8.50. The number of hydrogen-bond acceptors (Lipinski definition) is 4. The highest BCUT2D eigenvalue weighted by Crippen LogP contribution is 2.09. The van der Waals surface area contributed by atoms with E-state index in [9.17, 15) is 0 Å². The summed E-state index contributed by atoms with van der Waals surface area (Å²) in [6.07, 6.45) is 3.01. The molecule has 0 bridgehead atoms. The molecule has 108 valence electrons. The van der Waals surface area contributed by atoms with E-state index in [4.69, 9.17) is 4.52 Å². The summed E-state index contributed by atoms with van der Waals surface area (Å²) < 4.78 is 5.18. The van der Waals surface area contributed by atoms with Gasteiger partial charge in [-0.3, -0.25) is 4.99 Å². The van der Waals surface area contributed by atoms with E-state index in [-0.39, 0.29) is 0 Å². The van der Waals surface area contributed by atoms with Crippen LogP contribution < -0.4 is 10.6 Å². The molecule has 1 aromatic rings. The lowest BCUT2D eigenvalue weighted by atomic mass is 10.2. The first-order chi connectivity index (χ1) is 9.17. The van der Waals surface area contributed by atoms with Gasteiger partial charge in [0.1, 0.15) is 0 Å². The average molecular weight is 267 g/mol. The molecule has 2 N–H and O–H groups in total. The third kappa shape index (κ3) is 5.72. The molecule has 0 aliphatic rings. The molecule has 0 amide bonds. The smallest absolute Gasteiger partial charge is 0.228 e. The summed E-state index contributed by atoms with van der Waals surface area (Å²) in [5, 5.41) is 10.4. The Morgan fingerprint density at radius 1 is 1.32 bits per heavy atom. The van der Waals surface area contributed by atoms with E-state index in [2.05, 4.69) is 32.7 Å². The van der Waals surface area contributed by atoms with Crippen LogP contribution in [0.4, 0.5) is 0 Å². The lowest BCUT2D eigenvalue weighted by Crippen LogP contribution is -2.38. The Kier molecular flexibility index (Phi) is 6.92. The van der Waals surface area contributed by atoms with Gasteiger partial charge < -0.3 is 15.2 Å². The SMILES string of the molecule is CCCCNC(=NC)NCCc1nc(C(C)C)no1. The Balaban J connectivity index is 2.27. The molecule has 1 aromatic heterocycles. The molecular formula is C13H25N5O. The van der Waals surface area contributed by atoms with Gasteiger partial charge in [0.2, 0.25) is 5.89 Å². The zero-order chi connectivity index (χ0) is 14.1. The van der Waals surface area contributed by atoms with Crippen LogP contribution in [0.1, 0.15) is 51.2 Å². The van der Waals surface area contributed by atoms with E-state index >= 15 is 0 Å². The van der Waals surface area contributed by atoms with Crippen LogP contribution in [0.25, 0.3) is 0 Å². The second-order valence-electron chi connectivity index (χ2n) is 4.73. The van der Waals surface area contributed by atoms with Crippen LogP contribution in [0.5, 0.6) is 0 Å². The Morgan fingerprint density at radius 2 is 2.05 bits per heavy atom. The lowest BCUT2D eigenvalue weighted by Gasteiger charge is -2.10. The predicted octanol–water partition coefficient (Wildman–Crippen LogP) is 1.70. The molecule has 0 aliphatic carbocycles. The first kappa shape index (κ1) is 15.5. The number of nitrogens with zero attached hydrogens (tertiary/aromatic N) is 3. The third-order valence-corrected chi connectivity index (χ3v) is 2.68. The normalized spacial score (nSPS) is 11.9. The summed E-state index contributed by atoms with van der Waals surface area (Å²) in [5.74, 6) is 2.55. The van der Waals surface area contributed by atoms with Crippen molar-refractivity contribution in [2.45, 2.75) is 46.0 Å². The number of nitrogens with one attached hydrogen (secondary N) is 2. The summed E-state index contributed by atoms with van der Waals surface area (Å²) in [4.78, 5) is 8.48. The second-order valence-corrected chi connectivity index (χ2v) is 4.73. The molecule has 0 spiro atoms. The van der Waals surface area contributed by atoms with Crippen LogP contribution in [0.2, 0.25) is 0 Å². The molecule has 0 aromatic carbocycles. The molecule has 1 rings (SSSR count). The van der Waals surface area contributed by atoms with Crippen molar-refractivity contribution in [1.29, 1.82) is 0 Å². The van der Waals surface area contributed by atoms with Crippen LogP contribution in [0, 0.1) is 0 Å². The van der Waals surface area contributed by atoms with Crippen LogP contribution in [-0.4, -0.2) is 36.2 Å². The van der Waals surface area contributed by atoms with Gasteiger partial charge in [0, 0.05) is 32.5 Å². The van der Waals surface area contributed by atoms with Gasteiger partial charge in [-0.05, 0) is 6.42 Å². The fourth-order valence-corrected chi connectivity index (χ4v) is 1.50. The number of hydrogen-bond donors (Lipinski definition) is 2. The van der Waals surface area contributed by atoms with E-state index in [0.717, 1.165) is 31.3 Å². The molecule has 0 saturated carbocycles. The van der Waals surface area contributed by atoms with Crippen molar-refractivity contribution >= 4 is 5.96 Å². The minimum atomic E-state index is 0.300. The summed E-state index contributed by atoms with van der Waals surface area (Å²) in [6, 6.07) is 0. The van der Waals surface area contributed by atoms with E-state index in [1.807, 2.05) is 13.8 Å². The summed E-state index contributed by atoms with van der Waals surface area (Å²) in [5.41, 5.74) is 0. The van der Waals surface area contributed by atoms with E-state index in [1.165, 1.54) is 6.42 Å². The highest BCUT2D eigenvalue weighted by molar-refractivity contribution is 5.79. The monoisotopic (exact) mass is 267 g/mol. The Hall–Kier alpha value is -1.59. The minimum Gasteiger partial charge on any atom is -0.356 e. The maximum absolute atomic E-state index is 5.18. The summed E-state index contributed by atoms with van der Waals surface area (Å²) >= 11 is 0. The van der Waals surface area contributed by atoms with Crippen molar-refractivity contribution in [2.75, 3.05) is 20.1 Å². The zero-order valence-electron chi connectivity index (χ0n) is 12.4. The first-order valence-corrected chi connectivity index (χ1v) is 6.94. The fraction of sp³-hybridized carbons (Fsp3) is 0.769. The van der Waals surface area contributed by atoms with Crippen molar-refractivity contribution in [3.63, 3.8) is 0 Å². The van der Waals surface area contributed by atoms with E-state index in [1.54, 1.807) is 7.05 Å². The van der Waals surface area contributed by atoms with Gasteiger partial charge in [-0.15, -0.1) is 0 Å². The predicted molar refractivity (Wildman–Crippen MR) is 76.4 cm³/mol. The Labute approximate surface area is 115 Å². The quantitative estimate of drug-likeness (QED) is 0.447. The van der Waals surface area contributed by atoms with Gasteiger partial charge in [0.15, 0.2) is 11.8 Å². The lowest BCUT2D eigenvalue weighted by molar-refractivity contribution is 0.371. The largest absolute Gasteiger partial charge is 0.356 e. The molecular weight excluding hydrogens is 242 g/mol. The maximum atomic E-state index is 5.18. The number of aliphatic imine (C=N–C) groups is 1. The van der Waals surface area contributed by atoms with Crippen molar-refractivity contribution in [1.82, 2.24) is 20.8 Å². The molecule has 0 unspecified atom stereocenters. The van der Waals surface area contributed by atoms with Crippen molar-refractivity contribution in [3.8, 4) is 0 Å². The Bertz CT molecular complexity index is 386. The van der Waals surface area contributed by atoms with Crippen LogP contribution in [0.15, 0.2) is 9.52 Å². The van der Waals surface area contributed by atoms with Gasteiger partial charge in [-0.1, -0.05) is 32.3 Å². The topological polar surface area (TPSA) is 75.3 Å². The van der Waals surface area contributed by atoms with E-state index in [0.29, 0.717) is 18.2 Å². The highest BCUT2D eigenvalue weighted by atomic mass is 16.5. The highest BCUT2D eigenvalue weighted by Gasteiger charge is 2.09. The van der Waals surface area contributed by atoms with Gasteiger partial charge in [-0.2, -0.15) is 4.98 Å². The fourth-order valence-electron chi connectivity index (χ4n) is 1.50. The molecule has 19 heavy (non-hydrogen) atoms. The number of guanidine groups is 1. The number of aromatic nitrogens is 2.